The van der Waals surface area contributed by atoms with Crippen LogP contribution in [0.5, 0.6) is 5.75 Å². The molecule has 0 aliphatic carbocycles. The summed E-state index contributed by atoms with van der Waals surface area (Å²) in [7, 11) is 0. The van der Waals surface area contributed by atoms with Crippen LogP contribution in [-0.4, -0.2) is 79.7 Å². The number of nitrogens with zero attached hydrogens (tertiary/aromatic N) is 6. The van der Waals surface area contributed by atoms with Gasteiger partial charge in [-0.15, -0.1) is 0 Å². The molecule has 0 spiro atoms. The lowest BCUT2D eigenvalue weighted by atomic mass is 10.1. The first-order valence-electron chi connectivity index (χ1n) is 14.4. The van der Waals surface area contributed by atoms with Gasteiger partial charge in [-0.25, -0.2) is 14.8 Å². The summed E-state index contributed by atoms with van der Waals surface area (Å²) in [6.07, 6.45) is 3.10. The Morgan fingerprint density at radius 2 is 1.42 bits per heavy atom. The van der Waals surface area contributed by atoms with Crippen LogP contribution in [0.2, 0.25) is 0 Å². The molecule has 0 atom stereocenters. The Hall–Kier alpha value is -5.49. The van der Waals surface area contributed by atoms with Gasteiger partial charge in [-0.1, -0.05) is 12.1 Å². The van der Waals surface area contributed by atoms with E-state index in [4.69, 9.17) is 31.7 Å². The minimum absolute atomic E-state index is 0.290. The number of amides is 2. The van der Waals surface area contributed by atoms with E-state index in [1.54, 1.807) is 60.6 Å². The molecule has 3 aromatic heterocycles. The van der Waals surface area contributed by atoms with Crippen molar-refractivity contribution in [3.8, 4) is 28.5 Å². The van der Waals surface area contributed by atoms with Gasteiger partial charge in [0.05, 0.1) is 29.0 Å². The number of benzene rings is 2. The average molecular weight is 620 g/mol. The number of carbonyl (C=O) groups is 2. The molecule has 0 bridgehead atoms. The summed E-state index contributed by atoms with van der Waals surface area (Å²) in [5.74, 6) is 0.220. The smallest absolute Gasteiger partial charge is 0.409 e. The van der Waals surface area contributed by atoms with E-state index in [0.717, 1.165) is 0 Å². The van der Waals surface area contributed by atoms with Crippen molar-refractivity contribution in [2.75, 3.05) is 38.1 Å². The first-order valence-corrected chi connectivity index (χ1v) is 14.8. The summed E-state index contributed by atoms with van der Waals surface area (Å²) in [5, 5.41) is 3.25. The Labute approximate surface area is 264 Å². The summed E-state index contributed by atoms with van der Waals surface area (Å²) in [6, 6.07) is 23.4. The predicted octanol–water partition coefficient (Wildman–Crippen LogP) is 5.44. The van der Waals surface area contributed by atoms with Gasteiger partial charge in [-0.3, -0.25) is 14.8 Å². The van der Waals surface area contributed by atoms with Gasteiger partial charge in [-0.05, 0) is 85.9 Å². The zero-order valence-electron chi connectivity index (χ0n) is 24.4. The maximum Gasteiger partial charge on any atom is 0.409 e. The molecular weight excluding hydrogens is 590 g/mol. The van der Waals surface area contributed by atoms with E-state index in [1.807, 2.05) is 47.4 Å². The molecule has 1 saturated heterocycles. The third-order valence-corrected chi connectivity index (χ3v) is 7.46. The van der Waals surface area contributed by atoms with Crippen LogP contribution < -0.4 is 10.1 Å². The fourth-order valence-corrected chi connectivity index (χ4v) is 5.10. The lowest BCUT2D eigenvalue weighted by molar-refractivity contribution is 0.0901. The molecule has 45 heavy (non-hydrogen) atoms. The first kappa shape index (κ1) is 29.6. The van der Waals surface area contributed by atoms with E-state index in [2.05, 4.69) is 15.3 Å². The summed E-state index contributed by atoms with van der Waals surface area (Å²) in [5.41, 5.74) is 4.86. The van der Waals surface area contributed by atoms with Crippen molar-refractivity contribution in [1.29, 1.82) is 0 Å². The molecule has 1 aliphatic heterocycles. The zero-order chi connectivity index (χ0) is 31.2. The zero-order valence-corrected chi connectivity index (χ0v) is 25.2. The number of piperazine rings is 1. The SMILES string of the molecule is CCOC(=O)N1CCN(C(=S)Oc2ccc(C(=O)Nc3ccc4nc(-c5ccccn5)c(-c5ccccn5)nc4c3)cc2)CC1. The van der Waals surface area contributed by atoms with Gasteiger partial charge in [0.15, 0.2) is 0 Å². The van der Waals surface area contributed by atoms with Crippen molar-refractivity contribution in [2.24, 2.45) is 0 Å². The van der Waals surface area contributed by atoms with Gasteiger partial charge in [-0.2, -0.15) is 0 Å². The second-order valence-electron chi connectivity index (χ2n) is 10.1. The number of ether oxygens (including phenoxy) is 2. The molecule has 2 amide bonds. The number of carbonyl (C=O) groups excluding carboxylic acids is 2. The van der Waals surface area contributed by atoms with Crippen molar-refractivity contribution >= 4 is 46.1 Å². The van der Waals surface area contributed by atoms with Gasteiger partial charge in [0.2, 0.25) is 0 Å². The summed E-state index contributed by atoms with van der Waals surface area (Å²) >= 11 is 5.47. The van der Waals surface area contributed by atoms with Crippen molar-refractivity contribution in [2.45, 2.75) is 6.92 Å². The monoisotopic (exact) mass is 619 g/mol. The van der Waals surface area contributed by atoms with Crippen LogP contribution in [0.3, 0.4) is 0 Å². The first-order chi connectivity index (χ1) is 22.0. The van der Waals surface area contributed by atoms with Crippen molar-refractivity contribution in [3.05, 3.63) is 96.8 Å². The van der Waals surface area contributed by atoms with E-state index in [9.17, 15) is 9.59 Å². The minimum Gasteiger partial charge on any atom is -0.450 e. The van der Waals surface area contributed by atoms with Crippen LogP contribution in [-0.2, 0) is 4.74 Å². The molecule has 0 saturated carbocycles. The predicted molar refractivity (Wildman–Crippen MR) is 174 cm³/mol. The van der Waals surface area contributed by atoms with E-state index in [0.29, 0.717) is 88.8 Å². The molecule has 1 N–H and O–H groups in total. The number of thiocarbonyl (C=S) groups is 1. The van der Waals surface area contributed by atoms with Gasteiger partial charge >= 0.3 is 6.09 Å². The Morgan fingerprint density at radius 3 is 2.02 bits per heavy atom. The topological polar surface area (TPSA) is 123 Å². The van der Waals surface area contributed by atoms with Crippen molar-refractivity contribution in [1.82, 2.24) is 29.7 Å². The minimum atomic E-state index is -0.321. The van der Waals surface area contributed by atoms with Crippen LogP contribution in [0.15, 0.2) is 91.3 Å². The lowest BCUT2D eigenvalue weighted by Gasteiger charge is -2.34. The Bertz CT molecular complexity index is 1830. The molecule has 6 rings (SSSR count). The molecule has 1 aliphatic rings. The summed E-state index contributed by atoms with van der Waals surface area (Å²) in [6.45, 7) is 4.20. The van der Waals surface area contributed by atoms with Crippen molar-refractivity contribution < 1.29 is 19.1 Å². The number of anilines is 1. The van der Waals surface area contributed by atoms with Crippen LogP contribution in [0.25, 0.3) is 33.8 Å². The third-order valence-electron chi connectivity index (χ3n) is 7.12. The molecule has 11 nitrogen and oxygen atoms in total. The highest BCUT2D eigenvalue weighted by Gasteiger charge is 2.24. The van der Waals surface area contributed by atoms with Crippen LogP contribution in [0, 0.1) is 0 Å². The fourth-order valence-electron chi connectivity index (χ4n) is 4.82. The lowest BCUT2D eigenvalue weighted by Crippen LogP contribution is -2.51. The number of fused-ring (bicyclic) bond motifs is 1. The fraction of sp³-hybridized carbons (Fsp3) is 0.182. The number of rotatable bonds is 6. The third kappa shape index (κ3) is 6.86. The van der Waals surface area contributed by atoms with E-state index in [-0.39, 0.29) is 12.0 Å². The molecule has 4 heterocycles. The molecule has 5 aromatic rings. The maximum absolute atomic E-state index is 13.1. The number of hydrogen-bond acceptors (Lipinski definition) is 9. The molecule has 2 aromatic carbocycles. The molecular formula is C33H29N7O4S. The largest absolute Gasteiger partial charge is 0.450 e. The maximum atomic E-state index is 13.1. The van der Waals surface area contributed by atoms with Crippen LogP contribution in [0.1, 0.15) is 17.3 Å². The molecule has 1 fully saturated rings. The Kier molecular flexibility index (Phi) is 8.83. The molecule has 12 heteroatoms. The van der Waals surface area contributed by atoms with Gasteiger partial charge in [0, 0.05) is 49.8 Å². The normalized spacial score (nSPS) is 12.9. The van der Waals surface area contributed by atoms with Crippen molar-refractivity contribution in [3.63, 3.8) is 0 Å². The van der Waals surface area contributed by atoms with Gasteiger partial charge < -0.3 is 24.6 Å². The number of nitrogens with one attached hydrogen (secondary N) is 1. The number of hydrogen-bond donors (Lipinski definition) is 1. The molecule has 0 unspecified atom stereocenters. The Morgan fingerprint density at radius 1 is 0.800 bits per heavy atom. The van der Waals surface area contributed by atoms with Crippen LogP contribution in [0.4, 0.5) is 10.5 Å². The molecule has 226 valence electrons. The average Bonchev–Trinajstić information content (AvgIpc) is 3.09. The van der Waals surface area contributed by atoms with E-state index >= 15 is 0 Å². The second-order valence-corrected chi connectivity index (χ2v) is 10.4. The highest BCUT2D eigenvalue weighted by Crippen LogP contribution is 2.29. The Balaban J connectivity index is 1.13. The quantitative estimate of drug-likeness (QED) is 0.246. The summed E-state index contributed by atoms with van der Waals surface area (Å²) in [4.78, 5) is 47.3. The van der Waals surface area contributed by atoms with E-state index in [1.165, 1.54) is 0 Å². The van der Waals surface area contributed by atoms with Gasteiger partial charge in [0.25, 0.3) is 11.1 Å². The highest BCUT2D eigenvalue weighted by molar-refractivity contribution is 7.80. The number of pyridine rings is 2. The standard InChI is InChI=1S/C33H29N7O4S/c1-2-43-32(42)39-17-19-40(20-18-39)33(45)44-24-12-9-22(10-13-24)31(41)36-23-11-14-25-28(21-23)38-30(27-8-4-6-16-35-27)29(37-25)26-7-3-5-15-34-26/h3-16,21H,2,17-20H2,1H3,(H,36,41). The highest BCUT2D eigenvalue weighted by atomic mass is 32.1. The van der Waals surface area contributed by atoms with Gasteiger partial charge in [0.1, 0.15) is 17.1 Å². The van der Waals surface area contributed by atoms with Crippen LogP contribution >= 0.6 is 12.2 Å². The van der Waals surface area contributed by atoms with E-state index < -0.39 is 0 Å². The molecule has 0 radical (unpaired) electrons. The summed E-state index contributed by atoms with van der Waals surface area (Å²) < 4.78 is 10.9. The second kappa shape index (κ2) is 13.4. The number of aromatic nitrogens is 4.